The SMILES string of the molecule is COc1cc(CC(C#N)C#N)cc(OC)c1OC. The van der Waals surface area contributed by atoms with Crippen LogP contribution in [0.5, 0.6) is 17.2 Å². The zero-order chi connectivity index (χ0) is 13.5. The van der Waals surface area contributed by atoms with Crippen LogP contribution in [0.2, 0.25) is 0 Å². The number of methoxy groups -OCH3 is 3. The maximum Gasteiger partial charge on any atom is 0.203 e. The number of benzene rings is 1. The van der Waals surface area contributed by atoms with Gasteiger partial charge in [0.15, 0.2) is 11.5 Å². The van der Waals surface area contributed by atoms with E-state index in [1.54, 1.807) is 12.1 Å². The quantitative estimate of drug-likeness (QED) is 0.793. The predicted octanol–water partition coefficient (Wildman–Crippen LogP) is 1.92. The summed E-state index contributed by atoms with van der Waals surface area (Å²) >= 11 is 0. The van der Waals surface area contributed by atoms with Crippen LogP contribution in [0.25, 0.3) is 0 Å². The molecule has 0 radical (unpaired) electrons. The van der Waals surface area contributed by atoms with Gasteiger partial charge < -0.3 is 14.2 Å². The monoisotopic (exact) mass is 246 g/mol. The molecule has 0 atom stereocenters. The number of hydrogen-bond acceptors (Lipinski definition) is 5. The Morgan fingerprint density at radius 3 is 1.83 bits per heavy atom. The molecule has 5 heteroatoms. The van der Waals surface area contributed by atoms with Crippen LogP contribution in [-0.2, 0) is 6.42 Å². The standard InChI is InChI=1S/C13H14N2O3/c1-16-11-5-9(4-10(7-14)8-15)6-12(17-2)13(11)18-3/h5-6,10H,4H2,1-3H3. The average Bonchev–Trinajstić information content (AvgIpc) is 2.43. The Hall–Kier alpha value is -2.40. The maximum absolute atomic E-state index is 8.78. The van der Waals surface area contributed by atoms with Crippen LogP contribution in [-0.4, -0.2) is 21.3 Å². The highest BCUT2D eigenvalue weighted by Gasteiger charge is 2.15. The lowest BCUT2D eigenvalue weighted by Gasteiger charge is -2.14. The van der Waals surface area contributed by atoms with E-state index < -0.39 is 5.92 Å². The first-order valence-corrected chi connectivity index (χ1v) is 5.28. The molecule has 0 aliphatic heterocycles. The Balaban J connectivity index is 3.16. The van der Waals surface area contributed by atoms with Gasteiger partial charge in [0.05, 0.1) is 33.5 Å². The number of ether oxygens (including phenoxy) is 3. The largest absolute Gasteiger partial charge is 0.493 e. The first kappa shape index (κ1) is 13.7. The third-order valence-corrected chi connectivity index (χ3v) is 2.48. The highest BCUT2D eigenvalue weighted by molar-refractivity contribution is 5.54. The topological polar surface area (TPSA) is 75.3 Å². The van der Waals surface area contributed by atoms with Crippen LogP contribution >= 0.6 is 0 Å². The van der Waals surface area contributed by atoms with Gasteiger partial charge in [0.1, 0.15) is 5.92 Å². The van der Waals surface area contributed by atoms with Gasteiger partial charge in [-0.2, -0.15) is 10.5 Å². The van der Waals surface area contributed by atoms with E-state index in [1.165, 1.54) is 21.3 Å². The smallest absolute Gasteiger partial charge is 0.203 e. The molecule has 0 fully saturated rings. The summed E-state index contributed by atoms with van der Waals surface area (Å²) in [5.41, 5.74) is 0.789. The van der Waals surface area contributed by atoms with Crippen LogP contribution in [0, 0.1) is 28.6 Å². The first-order valence-electron chi connectivity index (χ1n) is 5.28. The van der Waals surface area contributed by atoms with E-state index in [1.807, 2.05) is 12.1 Å². The molecule has 0 aliphatic carbocycles. The van der Waals surface area contributed by atoms with E-state index in [4.69, 9.17) is 24.7 Å². The Labute approximate surface area is 106 Å². The summed E-state index contributed by atoms with van der Waals surface area (Å²) in [5, 5.41) is 17.6. The maximum atomic E-state index is 8.78. The van der Waals surface area contributed by atoms with Crippen molar-refractivity contribution in [3.8, 4) is 29.4 Å². The predicted molar refractivity (Wildman–Crippen MR) is 64.5 cm³/mol. The van der Waals surface area contributed by atoms with Crippen molar-refractivity contribution in [2.24, 2.45) is 5.92 Å². The number of hydrogen-bond donors (Lipinski definition) is 0. The van der Waals surface area contributed by atoms with E-state index in [2.05, 4.69) is 0 Å². The van der Waals surface area contributed by atoms with Crippen LogP contribution in [0.3, 0.4) is 0 Å². The lowest BCUT2D eigenvalue weighted by Crippen LogP contribution is -2.01. The van der Waals surface area contributed by atoms with Gasteiger partial charge >= 0.3 is 0 Å². The molecule has 0 heterocycles. The fourth-order valence-corrected chi connectivity index (χ4v) is 1.61. The molecule has 1 aromatic rings. The Kier molecular flexibility index (Phi) is 4.83. The fourth-order valence-electron chi connectivity index (χ4n) is 1.61. The second kappa shape index (κ2) is 6.36. The molecule has 0 N–H and O–H groups in total. The van der Waals surface area contributed by atoms with Gasteiger partial charge in [-0.25, -0.2) is 0 Å². The van der Waals surface area contributed by atoms with Crippen molar-refractivity contribution in [2.75, 3.05) is 21.3 Å². The molecular weight excluding hydrogens is 232 g/mol. The van der Waals surface area contributed by atoms with E-state index in [9.17, 15) is 0 Å². The molecule has 0 aromatic heterocycles. The average molecular weight is 246 g/mol. The van der Waals surface area contributed by atoms with Crippen molar-refractivity contribution in [1.29, 1.82) is 10.5 Å². The molecule has 18 heavy (non-hydrogen) atoms. The van der Waals surface area contributed by atoms with Crippen molar-refractivity contribution in [2.45, 2.75) is 6.42 Å². The minimum Gasteiger partial charge on any atom is -0.493 e. The van der Waals surface area contributed by atoms with Gasteiger partial charge in [-0.3, -0.25) is 0 Å². The normalized spacial score (nSPS) is 9.44. The molecular formula is C13H14N2O3. The summed E-state index contributed by atoms with van der Waals surface area (Å²) in [5.74, 6) is 0.838. The van der Waals surface area contributed by atoms with Crippen molar-refractivity contribution >= 4 is 0 Å². The third-order valence-electron chi connectivity index (χ3n) is 2.48. The molecule has 0 aliphatic rings. The number of rotatable bonds is 5. The highest BCUT2D eigenvalue weighted by atomic mass is 16.5. The summed E-state index contributed by atoms with van der Waals surface area (Å²) in [4.78, 5) is 0. The highest BCUT2D eigenvalue weighted by Crippen LogP contribution is 2.38. The van der Waals surface area contributed by atoms with E-state index in [-0.39, 0.29) is 0 Å². The fraction of sp³-hybridized carbons (Fsp3) is 0.385. The van der Waals surface area contributed by atoms with Crippen molar-refractivity contribution in [3.63, 3.8) is 0 Å². The van der Waals surface area contributed by atoms with Crippen molar-refractivity contribution in [3.05, 3.63) is 17.7 Å². The van der Waals surface area contributed by atoms with Crippen molar-refractivity contribution in [1.82, 2.24) is 0 Å². The Bertz CT molecular complexity index is 461. The van der Waals surface area contributed by atoms with Gasteiger partial charge in [-0.05, 0) is 17.7 Å². The zero-order valence-corrected chi connectivity index (χ0v) is 10.6. The molecule has 0 spiro atoms. The lowest BCUT2D eigenvalue weighted by molar-refractivity contribution is 0.323. The molecule has 0 saturated heterocycles. The number of nitriles is 2. The Morgan fingerprint density at radius 1 is 1.00 bits per heavy atom. The molecule has 0 amide bonds. The second-order valence-corrected chi connectivity index (χ2v) is 3.55. The van der Waals surface area contributed by atoms with Crippen LogP contribution in [0.4, 0.5) is 0 Å². The van der Waals surface area contributed by atoms with Gasteiger partial charge in [0, 0.05) is 6.42 Å². The molecule has 0 unspecified atom stereocenters. The molecule has 1 aromatic carbocycles. The minimum atomic E-state index is -0.687. The molecule has 0 saturated carbocycles. The zero-order valence-electron chi connectivity index (χ0n) is 10.6. The van der Waals surface area contributed by atoms with Gasteiger partial charge in [0.25, 0.3) is 0 Å². The van der Waals surface area contributed by atoms with Crippen LogP contribution < -0.4 is 14.2 Å². The van der Waals surface area contributed by atoms with Gasteiger partial charge in [-0.15, -0.1) is 0 Å². The van der Waals surface area contributed by atoms with Gasteiger partial charge in [0.2, 0.25) is 5.75 Å². The molecule has 5 nitrogen and oxygen atoms in total. The minimum absolute atomic E-state index is 0.323. The summed E-state index contributed by atoms with van der Waals surface area (Å²) in [7, 11) is 4.56. The summed E-state index contributed by atoms with van der Waals surface area (Å²) in [6.45, 7) is 0. The van der Waals surface area contributed by atoms with E-state index in [0.29, 0.717) is 23.7 Å². The third kappa shape index (κ3) is 2.83. The van der Waals surface area contributed by atoms with Crippen molar-refractivity contribution < 1.29 is 14.2 Å². The van der Waals surface area contributed by atoms with E-state index >= 15 is 0 Å². The molecule has 0 bridgehead atoms. The second-order valence-electron chi connectivity index (χ2n) is 3.55. The summed E-state index contributed by atoms with van der Waals surface area (Å²) in [6, 6.07) is 7.34. The first-order chi connectivity index (χ1) is 8.69. The summed E-state index contributed by atoms with van der Waals surface area (Å²) in [6.07, 6.45) is 0.323. The number of nitrogens with zero attached hydrogens (tertiary/aromatic N) is 2. The summed E-state index contributed by atoms with van der Waals surface area (Å²) < 4.78 is 15.6. The Morgan fingerprint density at radius 2 is 1.50 bits per heavy atom. The van der Waals surface area contributed by atoms with Gasteiger partial charge in [-0.1, -0.05) is 0 Å². The van der Waals surface area contributed by atoms with Crippen LogP contribution in [0.15, 0.2) is 12.1 Å². The van der Waals surface area contributed by atoms with E-state index in [0.717, 1.165) is 5.56 Å². The lowest BCUT2D eigenvalue weighted by atomic mass is 10.0. The molecule has 94 valence electrons. The molecule has 1 rings (SSSR count). The van der Waals surface area contributed by atoms with Crippen LogP contribution in [0.1, 0.15) is 5.56 Å².